The topological polar surface area (TPSA) is 91.1 Å². The van der Waals surface area contributed by atoms with E-state index in [4.69, 9.17) is 0 Å². The molecule has 0 spiro atoms. The molecule has 0 amide bonds. The molecule has 2 aromatic rings. The van der Waals surface area contributed by atoms with Gasteiger partial charge < -0.3 is 15.0 Å². The van der Waals surface area contributed by atoms with E-state index in [-0.39, 0.29) is 29.8 Å². The SMILES string of the molecule is COC(=O)Cc1ccc(Nc2cc(C(F)(F)F)nc(N3CC[C@@H]3C)n2)cc1C#N. The highest BCUT2D eigenvalue weighted by Gasteiger charge is 2.35. The molecule has 7 nitrogen and oxygen atoms in total. The molecule has 1 aliphatic rings. The van der Waals surface area contributed by atoms with Crippen molar-refractivity contribution in [2.45, 2.75) is 32.0 Å². The Hall–Kier alpha value is -3.35. The lowest BCUT2D eigenvalue weighted by Crippen LogP contribution is -2.46. The van der Waals surface area contributed by atoms with Gasteiger partial charge in [-0.3, -0.25) is 4.79 Å². The lowest BCUT2D eigenvalue weighted by molar-refractivity contribution is -0.141. The second-order valence-corrected chi connectivity index (χ2v) is 6.63. The van der Waals surface area contributed by atoms with Crippen molar-refractivity contribution in [1.82, 2.24) is 9.97 Å². The van der Waals surface area contributed by atoms with Crippen LogP contribution in [0.1, 0.15) is 30.2 Å². The molecule has 0 radical (unpaired) electrons. The smallest absolute Gasteiger partial charge is 0.433 e. The van der Waals surface area contributed by atoms with Gasteiger partial charge in [0, 0.05) is 24.3 Å². The van der Waals surface area contributed by atoms with Crippen molar-refractivity contribution in [2.75, 3.05) is 23.9 Å². The van der Waals surface area contributed by atoms with Gasteiger partial charge in [0.25, 0.3) is 0 Å². The van der Waals surface area contributed by atoms with Crippen LogP contribution in [0.3, 0.4) is 0 Å². The molecule has 1 atom stereocenters. The number of ether oxygens (including phenoxy) is 1. The molecule has 1 aliphatic heterocycles. The highest BCUT2D eigenvalue weighted by Crippen LogP contribution is 2.33. The number of aromatic nitrogens is 2. The number of carbonyl (C=O) groups is 1. The Bertz CT molecular complexity index is 971. The van der Waals surface area contributed by atoms with Crippen molar-refractivity contribution >= 4 is 23.4 Å². The van der Waals surface area contributed by atoms with Gasteiger partial charge >= 0.3 is 12.1 Å². The number of nitriles is 1. The van der Waals surface area contributed by atoms with Crippen LogP contribution in [0.4, 0.5) is 30.6 Å². The van der Waals surface area contributed by atoms with E-state index in [1.165, 1.54) is 13.2 Å². The van der Waals surface area contributed by atoms with Gasteiger partial charge in [0.1, 0.15) is 5.82 Å². The number of benzene rings is 1. The number of anilines is 3. The van der Waals surface area contributed by atoms with E-state index >= 15 is 0 Å². The minimum absolute atomic E-state index is 0.00360. The van der Waals surface area contributed by atoms with E-state index in [1.807, 2.05) is 13.0 Å². The summed E-state index contributed by atoms with van der Waals surface area (Å²) in [6, 6.07) is 7.40. The van der Waals surface area contributed by atoms with Crippen LogP contribution in [0.25, 0.3) is 0 Å². The summed E-state index contributed by atoms with van der Waals surface area (Å²) in [5.41, 5.74) is -0.0164. The molecule has 152 valence electrons. The minimum Gasteiger partial charge on any atom is -0.469 e. The standard InChI is InChI=1S/C19H18F3N5O2/c1-11-5-6-27(11)18-25-15(19(20,21)22)9-16(26-18)24-14-4-3-12(8-17(28)29-2)13(7-14)10-23/h3-4,7,9,11H,5-6,8H2,1-2H3,(H,24,25,26)/t11-/m0/s1. The average Bonchev–Trinajstić information content (AvgIpc) is 2.66. The lowest BCUT2D eigenvalue weighted by atomic mass is 10.0. The second-order valence-electron chi connectivity index (χ2n) is 6.63. The molecule has 1 aromatic heterocycles. The molecule has 29 heavy (non-hydrogen) atoms. The molecular formula is C19H18F3N5O2. The Morgan fingerprint density at radius 3 is 2.69 bits per heavy atom. The molecule has 3 rings (SSSR count). The van der Waals surface area contributed by atoms with Gasteiger partial charge in [0.15, 0.2) is 5.69 Å². The van der Waals surface area contributed by atoms with Crippen molar-refractivity contribution in [1.29, 1.82) is 5.26 Å². The summed E-state index contributed by atoms with van der Waals surface area (Å²) in [6.07, 6.45) is -3.84. The Balaban J connectivity index is 1.92. The van der Waals surface area contributed by atoms with Crippen LogP contribution in [-0.2, 0) is 22.1 Å². The fourth-order valence-corrected chi connectivity index (χ4v) is 2.87. The third-order valence-electron chi connectivity index (χ3n) is 4.65. The number of carbonyl (C=O) groups excluding carboxylic acids is 1. The Morgan fingerprint density at radius 1 is 1.38 bits per heavy atom. The number of rotatable bonds is 5. The number of hydrogen-bond donors (Lipinski definition) is 1. The van der Waals surface area contributed by atoms with E-state index in [2.05, 4.69) is 20.0 Å². The zero-order chi connectivity index (χ0) is 21.2. The van der Waals surface area contributed by atoms with Crippen LogP contribution in [-0.4, -0.2) is 35.6 Å². The third kappa shape index (κ3) is 4.56. The maximum absolute atomic E-state index is 13.3. The van der Waals surface area contributed by atoms with E-state index in [9.17, 15) is 23.2 Å². The molecule has 0 saturated carbocycles. The molecule has 1 saturated heterocycles. The first-order valence-corrected chi connectivity index (χ1v) is 8.81. The number of nitrogens with zero attached hydrogens (tertiary/aromatic N) is 4. The van der Waals surface area contributed by atoms with Crippen molar-refractivity contribution in [3.05, 3.63) is 41.1 Å². The average molecular weight is 405 g/mol. The molecule has 2 heterocycles. The number of methoxy groups -OCH3 is 1. The van der Waals surface area contributed by atoms with E-state index in [0.717, 1.165) is 12.5 Å². The van der Waals surface area contributed by atoms with Crippen LogP contribution in [0.15, 0.2) is 24.3 Å². The van der Waals surface area contributed by atoms with Crippen LogP contribution in [0, 0.1) is 11.3 Å². The van der Waals surface area contributed by atoms with E-state index < -0.39 is 17.8 Å². The zero-order valence-corrected chi connectivity index (χ0v) is 15.7. The van der Waals surface area contributed by atoms with Gasteiger partial charge in [-0.2, -0.15) is 23.4 Å². The van der Waals surface area contributed by atoms with E-state index in [1.54, 1.807) is 17.0 Å². The molecule has 1 aromatic carbocycles. The summed E-state index contributed by atoms with van der Waals surface area (Å²) in [4.78, 5) is 21.0. The number of esters is 1. The first kappa shape index (κ1) is 20.4. The zero-order valence-electron chi connectivity index (χ0n) is 15.7. The van der Waals surface area contributed by atoms with Crippen LogP contribution < -0.4 is 10.2 Å². The van der Waals surface area contributed by atoms with Gasteiger partial charge in [0.05, 0.1) is 25.2 Å². The fraction of sp³-hybridized carbons (Fsp3) is 0.368. The maximum atomic E-state index is 13.3. The third-order valence-corrected chi connectivity index (χ3v) is 4.65. The number of hydrogen-bond acceptors (Lipinski definition) is 7. The predicted molar refractivity (Wildman–Crippen MR) is 98.6 cm³/mol. The second kappa shape index (κ2) is 7.95. The summed E-state index contributed by atoms with van der Waals surface area (Å²) < 4.78 is 44.4. The summed E-state index contributed by atoms with van der Waals surface area (Å²) in [5, 5.41) is 12.1. The predicted octanol–water partition coefficient (Wildman–Crippen LogP) is 3.42. The van der Waals surface area contributed by atoms with E-state index in [0.29, 0.717) is 17.8 Å². The summed E-state index contributed by atoms with van der Waals surface area (Å²) >= 11 is 0. The van der Waals surface area contributed by atoms with Crippen molar-refractivity contribution < 1.29 is 22.7 Å². The van der Waals surface area contributed by atoms with Gasteiger partial charge in [-0.1, -0.05) is 6.07 Å². The maximum Gasteiger partial charge on any atom is 0.433 e. The fourth-order valence-electron chi connectivity index (χ4n) is 2.87. The molecule has 10 heteroatoms. The van der Waals surface area contributed by atoms with Crippen LogP contribution >= 0.6 is 0 Å². The Morgan fingerprint density at radius 2 is 2.14 bits per heavy atom. The van der Waals surface area contributed by atoms with Crippen molar-refractivity contribution in [3.8, 4) is 6.07 Å². The van der Waals surface area contributed by atoms with Gasteiger partial charge in [-0.25, -0.2) is 4.98 Å². The largest absolute Gasteiger partial charge is 0.469 e. The highest BCUT2D eigenvalue weighted by molar-refractivity contribution is 5.74. The van der Waals surface area contributed by atoms with Crippen LogP contribution in [0.2, 0.25) is 0 Å². The molecule has 0 unspecified atom stereocenters. The van der Waals surface area contributed by atoms with Crippen molar-refractivity contribution in [3.63, 3.8) is 0 Å². The first-order chi connectivity index (χ1) is 13.7. The summed E-state index contributed by atoms with van der Waals surface area (Å²) in [5.74, 6) is -0.531. The molecule has 0 aliphatic carbocycles. The molecular weight excluding hydrogens is 387 g/mol. The quantitative estimate of drug-likeness (QED) is 0.762. The highest BCUT2D eigenvalue weighted by atomic mass is 19.4. The Labute approximate surface area is 165 Å². The monoisotopic (exact) mass is 405 g/mol. The molecule has 1 fully saturated rings. The van der Waals surface area contributed by atoms with Gasteiger partial charge in [0.2, 0.25) is 5.95 Å². The van der Waals surface area contributed by atoms with Gasteiger partial charge in [-0.15, -0.1) is 0 Å². The summed E-state index contributed by atoms with van der Waals surface area (Å²) in [7, 11) is 1.24. The molecule has 0 bridgehead atoms. The Kier molecular flexibility index (Phi) is 5.59. The minimum atomic E-state index is -4.62. The first-order valence-electron chi connectivity index (χ1n) is 8.81. The van der Waals surface area contributed by atoms with Gasteiger partial charge in [-0.05, 0) is 31.0 Å². The lowest BCUT2D eigenvalue weighted by Gasteiger charge is -2.38. The number of alkyl halides is 3. The number of halogens is 3. The summed E-state index contributed by atoms with van der Waals surface area (Å²) in [6.45, 7) is 2.47. The molecule has 1 N–H and O–H groups in total. The number of nitrogens with one attached hydrogen (secondary N) is 1. The normalized spacial score (nSPS) is 16.0. The van der Waals surface area contributed by atoms with Crippen molar-refractivity contribution in [2.24, 2.45) is 0 Å². The van der Waals surface area contributed by atoms with Crippen LogP contribution in [0.5, 0.6) is 0 Å².